The summed E-state index contributed by atoms with van der Waals surface area (Å²) in [4.78, 5) is 0. The van der Waals surface area contributed by atoms with E-state index in [4.69, 9.17) is 0 Å². The monoisotopic (exact) mass is 346 g/mol. The highest BCUT2D eigenvalue weighted by Gasteiger charge is 2.44. The van der Waals surface area contributed by atoms with Gasteiger partial charge in [0.2, 0.25) is 10.0 Å². The number of rotatable bonds is 4. The fourth-order valence-electron chi connectivity index (χ4n) is 3.61. The second kappa shape index (κ2) is 6.45. The first-order valence-corrected chi connectivity index (χ1v) is 9.61. The molecule has 0 radical (unpaired) electrons. The summed E-state index contributed by atoms with van der Waals surface area (Å²) in [7, 11) is -3.73. The topological polar surface area (TPSA) is 88.3 Å². The van der Waals surface area contributed by atoms with Crippen LogP contribution in [0.3, 0.4) is 0 Å². The van der Waals surface area contributed by atoms with E-state index in [-0.39, 0.29) is 13.1 Å². The average Bonchev–Trinajstić information content (AvgIpc) is 2.99. The Balaban J connectivity index is 1.74. The minimum atomic E-state index is -3.73. The molecule has 1 N–H and O–H groups in total. The number of aromatic nitrogens is 3. The standard InChI is InChI=1S/C14H23FN4O3S/c15-12-4-1-2-5-13(12)23(21,22)19-8-3-6-14(20,11-19)10-18-9-7-16-17-18/h7,9,12-13,20H,1-6,8,10-11H2/t12-,13+,14?/m0/s1. The van der Waals surface area contributed by atoms with Crippen LogP contribution in [-0.4, -0.2) is 62.9 Å². The zero-order valence-corrected chi connectivity index (χ0v) is 13.8. The van der Waals surface area contributed by atoms with Crippen LogP contribution in [0.2, 0.25) is 0 Å². The smallest absolute Gasteiger partial charge is 0.219 e. The predicted octanol–water partition coefficient (Wildman–Crippen LogP) is 0.715. The van der Waals surface area contributed by atoms with Gasteiger partial charge in [0, 0.05) is 19.3 Å². The lowest BCUT2D eigenvalue weighted by Crippen LogP contribution is -2.55. The van der Waals surface area contributed by atoms with Crippen molar-refractivity contribution in [1.29, 1.82) is 0 Å². The van der Waals surface area contributed by atoms with Crippen molar-refractivity contribution < 1.29 is 17.9 Å². The largest absolute Gasteiger partial charge is 0.387 e. The third-order valence-electron chi connectivity index (χ3n) is 4.81. The Kier molecular flexibility index (Phi) is 4.70. The van der Waals surface area contributed by atoms with Gasteiger partial charge in [-0.1, -0.05) is 18.1 Å². The molecule has 23 heavy (non-hydrogen) atoms. The van der Waals surface area contributed by atoms with Crippen molar-refractivity contribution in [1.82, 2.24) is 19.3 Å². The molecule has 2 fully saturated rings. The molecule has 3 atom stereocenters. The van der Waals surface area contributed by atoms with Gasteiger partial charge in [0.25, 0.3) is 0 Å². The van der Waals surface area contributed by atoms with Gasteiger partial charge in [0.1, 0.15) is 11.4 Å². The zero-order chi connectivity index (χ0) is 16.5. The van der Waals surface area contributed by atoms with Crippen LogP contribution in [0, 0.1) is 0 Å². The van der Waals surface area contributed by atoms with E-state index in [1.54, 1.807) is 6.20 Å². The number of hydrogen-bond donors (Lipinski definition) is 1. The summed E-state index contributed by atoms with van der Waals surface area (Å²) in [6, 6.07) is 0. The summed E-state index contributed by atoms with van der Waals surface area (Å²) in [6.45, 7) is 0.506. The average molecular weight is 346 g/mol. The molecule has 3 rings (SSSR count). The Hall–Kier alpha value is -1.06. The first kappa shape index (κ1) is 16.8. The highest BCUT2D eigenvalue weighted by atomic mass is 32.2. The van der Waals surface area contributed by atoms with Gasteiger partial charge < -0.3 is 5.11 Å². The van der Waals surface area contributed by atoms with Crippen LogP contribution in [0.4, 0.5) is 4.39 Å². The molecule has 0 aromatic carbocycles. The van der Waals surface area contributed by atoms with Crippen LogP contribution >= 0.6 is 0 Å². The third-order valence-corrected chi connectivity index (χ3v) is 7.14. The second-order valence-electron chi connectivity index (χ2n) is 6.65. The van der Waals surface area contributed by atoms with Gasteiger partial charge in [-0.3, -0.25) is 0 Å². The fourth-order valence-corrected chi connectivity index (χ4v) is 5.77. The number of hydrogen-bond acceptors (Lipinski definition) is 5. The molecule has 9 heteroatoms. The van der Waals surface area contributed by atoms with Gasteiger partial charge in [-0.05, 0) is 25.7 Å². The zero-order valence-electron chi connectivity index (χ0n) is 13.0. The molecule has 0 amide bonds. The van der Waals surface area contributed by atoms with Crippen molar-refractivity contribution in [3.63, 3.8) is 0 Å². The van der Waals surface area contributed by atoms with Crippen LogP contribution < -0.4 is 0 Å². The van der Waals surface area contributed by atoms with E-state index >= 15 is 0 Å². The Bertz CT molecular complexity index is 624. The maximum Gasteiger partial charge on any atom is 0.219 e. The molecule has 1 aliphatic carbocycles. The molecule has 2 aliphatic rings. The van der Waals surface area contributed by atoms with E-state index in [0.717, 1.165) is 12.8 Å². The summed E-state index contributed by atoms with van der Waals surface area (Å²) in [5, 5.41) is 17.3. The third kappa shape index (κ3) is 3.56. The molecule has 0 spiro atoms. The van der Waals surface area contributed by atoms with Crippen molar-refractivity contribution in [3.8, 4) is 0 Å². The van der Waals surface area contributed by atoms with E-state index < -0.39 is 27.0 Å². The quantitative estimate of drug-likeness (QED) is 0.868. The normalized spacial score (nSPS) is 33.7. The molecule has 7 nitrogen and oxygen atoms in total. The number of piperidine rings is 1. The van der Waals surface area contributed by atoms with E-state index in [1.165, 1.54) is 15.2 Å². The number of alkyl halides is 1. The van der Waals surface area contributed by atoms with E-state index in [2.05, 4.69) is 10.3 Å². The van der Waals surface area contributed by atoms with Crippen molar-refractivity contribution in [2.24, 2.45) is 0 Å². The number of β-amino-alcohol motifs (C(OH)–C–C–N with tert-alkyl or cyclic N) is 1. The molecule has 1 saturated carbocycles. The molecule has 130 valence electrons. The predicted molar refractivity (Wildman–Crippen MR) is 81.9 cm³/mol. The molecular formula is C14H23FN4O3S. The SMILES string of the molecule is O=S(=O)([C@@H]1CCCC[C@@H]1F)N1CCCC(O)(Cn2ccnn2)C1. The summed E-state index contributed by atoms with van der Waals surface area (Å²) < 4.78 is 42.4. The summed E-state index contributed by atoms with van der Waals surface area (Å²) in [5.74, 6) is 0. The van der Waals surface area contributed by atoms with Crippen molar-refractivity contribution in [2.45, 2.75) is 62.1 Å². The van der Waals surface area contributed by atoms with Gasteiger partial charge in [-0.25, -0.2) is 17.5 Å². The fraction of sp³-hybridized carbons (Fsp3) is 0.857. The number of sulfonamides is 1. The minimum Gasteiger partial charge on any atom is -0.387 e. The van der Waals surface area contributed by atoms with Crippen LogP contribution in [0.5, 0.6) is 0 Å². The Morgan fingerprint density at radius 3 is 2.78 bits per heavy atom. The Morgan fingerprint density at radius 2 is 2.09 bits per heavy atom. The summed E-state index contributed by atoms with van der Waals surface area (Å²) in [5.41, 5.74) is -1.19. The van der Waals surface area contributed by atoms with Gasteiger partial charge in [-0.15, -0.1) is 5.10 Å². The number of nitrogens with zero attached hydrogens (tertiary/aromatic N) is 4. The molecule has 1 aliphatic heterocycles. The van der Waals surface area contributed by atoms with Gasteiger partial charge in [0.15, 0.2) is 0 Å². The minimum absolute atomic E-state index is 0.0155. The maximum absolute atomic E-state index is 14.1. The van der Waals surface area contributed by atoms with Gasteiger partial charge in [-0.2, -0.15) is 4.31 Å². The highest BCUT2D eigenvalue weighted by Crippen LogP contribution is 2.32. The van der Waals surface area contributed by atoms with Crippen molar-refractivity contribution in [2.75, 3.05) is 13.1 Å². The van der Waals surface area contributed by atoms with Crippen molar-refractivity contribution >= 4 is 10.0 Å². The van der Waals surface area contributed by atoms with Crippen LogP contribution in [0.1, 0.15) is 38.5 Å². The molecule has 0 bridgehead atoms. The number of aliphatic hydroxyl groups is 1. The van der Waals surface area contributed by atoms with Crippen LogP contribution in [-0.2, 0) is 16.6 Å². The van der Waals surface area contributed by atoms with Gasteiger partial charge in [0.05, 0.1) is 18.3 Å². The first-order valence-electron chi connectivity index (χ1n) is 8.10. The Labute approximate surface area is 135 Å². The highest BCUT2D eigenvalue weighted by molar-refractivity contribution is 7.89. The van der Waals surface area contributed by atoms with Crippen molar-refractivity contribution in [3.05, 3.63) is 12.4 Å². The van der Waals surface area contributed by atoms with E-state index in [0.29, 0.717) is 32.2 Å². The lowest BCUT2D eigenvalue weighted by molar-refractivity contribution is -0.0252. The first-order chi connectivity index (χ1) is 10.9. The molecule has 1 aromatic heterocycles. The lowest BCUT2D eigenvalue weighted by Gasteiger charge is -2.40. The summed E-state index contributed by atoms with van der Waals surface area (Å²) in [6.07, 6.45) is 5.02. The number of halogens is 1. The lowest BCUT2D eigenvalue weighted by atomic mass is 9.94. The Morgan fingerprint density at radius 1 is 1.30 bits per heavy atom. The molecular weight excluding hydrogens is 323 g/mol. The molecule has 1 aromatic rings. The second-order valence-corrected chi connectivity index (χ2v) is 8.80. The summed E-state index contributed by atoms with van der Waals surface area (Å²) >= 11 is 0. The molecule has 1 saturated heterocycles. The van der Waals surface area contributed by atoms with Crippen LogP contribution in [0.15, 0.2) is 12.4 Å². The van der Waals surface area contributed by atoms with Crippen LogP contribution in [0.25, 0.3) is 0 Å². The van der Waals surface area contributed by atoms with E-state index in [1.807, 2.05) is 0 Å². The molecule has 2 heterocycles. The van der Waals surface area contributed by atoms with E-state index in [9.17, 15) is 17.9 Å². The van der Waals surface area contributed by atoms with Gasteiger partial charge >= 0.3 is 0 Å². The maximum atomic E-state index is 14.1. The molecule has 1 unspecified atom stereocenters.